The van der Waals surface area contributed by atoms with Crippen molar-refractivity contribution in [2.24, 2.45) is 0 Å². The number of carbonyl (C=O) groups excluding carboxylic acids is 2. The van der Waals surface area contributed by atoms with Gasteiger partial charge < -0.3 is 24.3 Å². The number of amides is 2. The van der Waals surface area contributed by atoms with Crippen molar-refractivity contribution < 1.29 is 19.1 Å². The second-order valence-electron chi connectivity index (χ2n) is 7.75. The molecule has 0 aliphatic carbocycles. The highest BCUT2D eigenvalue weighted by Gasteiger charge is 2.42. The van der Waals surface area contributed by atoms with E-state index in [1.54, 1.807) is 38.3 Å². The SMILES string of the molecule is COc1ccc(C2C(C(=O)NCCn3cccc3)c3ccccc3C(=O)N2C)cc1OC. The summed E-state index contributed by atoms with van der Waals surface area (Å²) in [5, 5.41) is 3.06. The highest BCUT2D eigenvalue weighted by Crippen LogP contribution is 2.43. The number of hydrogen-bond acceptors (Lipinski definition) is 4. The lowest BCUT2D eigenvalue weighted by atomic mass is 9.79. The number of carbonyl (C=O) groups is 2. The lowest BCUT2D eigenvalue weighted by molar-refractivity contribution is -0.124. The van der Waals surface area contributed by atoms with Gasteiger partial charge in [-0.05, 0) is 41.5 Å². The van der Waals surface area contributed by atoms with E-state index >= 15 is 0 Å². The maximum absolute atomic E-state index is 13.5. The highest BCUT2D eigenvalue weighted by molar-refractivity contribution is 6.01. The summed E-state index contributed by atoms with van der Waals surface area (Å²) in [7, 11) is 4.88. The molecule has 2 amide bonds. The summed E-state index contributed by atoms with van der Waals surface area (Å²) in [6, 6.07) is 16.3. The number of likely N-dealkylation sites (N-methyl/N-ethyl adjacent to an activating group) is 1. The predicted molar refractivity (Wildman–Crippen MR) is 121 cm³/mol. The molecule has 1 aliphatic rings. The Kier molecular flexibility index (Phi) is 6.16. The van der Waals surface area contributed by atoms with Crippen LogP contribution in [0.1, 0.15) is 33.4 Å². The van der Waals surface area contributed by atoms with Crippen molar-refractivity contribution in [2.75, 3.05) is 27.8 Å². The number of benzene rings is 2. The molecule has 2 atom stereocenters. The van der Waals surface area contributed by atoms with Crippen LogP contribution in [0.25, 0.3) is 0 Å². The Morgan fingerprint density at radius 3 is 2.44 bits per heavy atom. The zero-order valence-corrected chi connectivity index (χ0v) is 18.4. The fourth-order valence-corrected chi connectivity index (χ4v) is 4.35. The van der Waals surface area contributed by atoms with Crippen molar-refractivity contribution in [3.8, 4) is 11.5 Å². The molecule has 2 heterocycles. The standard InChI is InChI=1S/C25H27N3O4/c1-27-23(17-10-11-20(31-2)21(16-17)32-3)22(18-8-4-5-9-19(18)25(27)30)24(29)26-12-15-28-13-6-7-14-28/h4-11,13-14,16,22-23H,12,15H2,1-3H3,(H,26,29). The van der Waals surface area contributed by atoms with E-state index < -0.39 is 12.0 Å². The van der Waals surface area contributed by atoms with Crippen molar-refractivity contribution in [1.82, 2.24) is 14.8 Å². The van der Waals surface area contributed by atoms with Crippen LogP contribution in [0.5, 0.6) is 11.5 Å². The van der Waals surface area contributed by atoms with Gasteiger partial charge in [-0.3, -0.25) is 9.59 Å². The van der Waals surface area contributed by atoms with Gasteiger partial charge in [0.1, 0.15) is 0 Å². The van der Waals surface area contributed by atoms with E-state index in [4.69, 9.17) is 9.47 Å². The average molecular weight is 434 g/mol. The van der Waals surface area contributed by atoms with Gasteiger partial charge in [0.15, 0.2) is 11.5 Å². The van der Waals surface area contributed by atoms with Gasteiger partial charge in [0, 0.05) is 38.1 Å². The monoisotopic (exact) mass is 433 g/mol. The van der Waals surface area contributed by atoms with Crippen LogP contribution in [0.4, 0.5) is 0 Å². The molecule has 166 valence electrons. The highest BCUT2D eigenvalue weighted by atomic mass is 16.5. The van der Waals surface area contributed by atoms with Crippen molar-refractivity contribution >= 4 is 11.8 Å². The predicted octanol–water partition coefficient (Wildman–Crippen LogP) is 3.23. The zero-order valence-electron chi connectivity index (χ0n) is 18.4. The molecule has 0 saturated heterocycles. The van der Waals surface area contributed by atoms with Crippen LogP contribution >= 0.6 is 0 Å². The summed E-state index contributed by atoms with van der Waals surface area (Å²) in [4.78, 5) is 28.3. The largest absolute Gasteiger partial charge is 0.493 e. The Bertz CT molecular complexity index is 1110. The number of nitrogens with zero attached hydrogens (tertiary/aromatic N) is 2. The number of hydrogen-bond donors (Lipinski definition) is 1. The van der Waals surface area contributed by atoms with Crippen LogP contribution in [0.3, 0.4) is 0 Å². The molecule has 1 aromatic heterocycles. The Hall–Kier alpha value is -3.74. The summed E-state index contributed by atoms with van der Waals surface area (Å²) in [5.41, 5.74) is 2.09. The normalized spacial score (nSPS) is 17.6. The first-order valence-corrected chi connectivity index (χ1v) is 10.5. The molecule has 4 rings (SSSR count). The van der Waals surface area contributed by atoms with Gasteiger partial charge in [-0.1, -0.05) is 24.3 Å². The summed E-state index contributed by atoms with van der Waals surface area (Å²) in [5.74, 6) is 0.350. The number of aromatic nitrogens is 1. The van der Waals surface area contributed by atoms with Gasteiger partial charge in [-0.25, -0.2) is 0 Å². The molecule has 32 heavy (non-hydrogen) atoms. The maximum atomic E-state index is 13.5. The second-order valence-corrected chi connectivity index (χ2v) is 7.75. The lowest BCUT2D eigenvalue weighted by Gasteiger charge is -2.40. The fourth-order valence-electron chi connectivity index (χ4n) is 4.35. The van der Waals surface area contributed by atoms with Gasteiger partial charge in [-0.2, -0.15) is 0 Å². The molecule has 0 spiro atoms. The Labute approximate surface area is 187 Å². The minimum atomic E-state index is -0.559. The molecule has 1 N–H and O–H groups in total. The van der Waals surface area contributed by atoms with Gasteiger partial charge in [0.25, 0.3) is 5.91 Å². The number of ether oxygens (including phenoxy) is 2. The smallest absolute Gasteiger partial charge is 0.254 e. The lowest BCUT2D eigenvalue weighted by Crippen LogP contribution is -2.46. The third-order valence-electron chi connectivity index (χ3n) is 5.95. The van der Waals surface area contributed by atoms with E-state index in [0.717, 1.165) is 11.1 Å². The molecule has 3 aromatic rings. The minimum Gasteiger partial charge on any atom is -0.493 e. The van der Waals surface area contributed by atoms with Crippen LogP contribution in [0.15, 0.2) is 67.0 Å². The van der Waals surface area contributed by atoms with Crippen molar-refractivity contribution in [1.29, 1.82) is 0 Å². The molecule has 2 unspecified atom stereocenters. The number of rotatable bonds is 7. The first kappa shape index (κ1) is 21.5. The molecular formula is C25H27N3O4. The van der Waals surface area contributed by atoms with E-state index in [2.05, 4.69) is 5.32 Å². The first-order chi connectivity index (χ1) is 15.5. The van der Waals surface area contributed by atoms with Crippen LogP contribution < -0.4 is 14.8 Å². The van der Waals surface area contributed by atoms with Crippen LogP contribution in [0.2, 0.25) is 0 Å². The quantitative estimate of drug-likeness (QED) is 0.621. The summed E-state index contributed by atoms with van der Waals surface area (Å²) in [6.45, 7) is 1.16. The fraction of sp³-hybridized carbons (Fsp3) is 0.280. The molecule has 0 fully saturated rings. The Morgan fingerprint density at radius 1 is 1.00 bits per heavy atom. The van der Waals surface area contributed by atoms with Gasteiger partial charge in [0.05, 0.1) is 26.2 Å². The van der Waals surface area contributed by atoms with E-state index in [1.807, 2.05) is 59.4 Å². The molecule has 7 heteroatoms. The molecule has 1 aliphatic heterocycles. The summed E-state index contributed by atoms with van der Waals surface area (Å²) >= 11 is 0. The average Bonchev–Trinajstić information content (AvgIpc) is 3.34. The van der Waals surface area contributed by atoms with E-state index in [1.165, 1.54) is 0 Å². The Morgan fingerprint density at radius 2 is 1.72 bits per heavy atom. The molecule has 7 nitrogen and oxygen atoms in total. The molecule has 0 radical (unpaired) electrons. The number of fused-ring (bicyclic) bond motifs is 1. The third-order valence-corrected chi connectivity index (χ3v) is 5.95. The third kappa shape index (κ3) is 3.93. The second kappa shape index (κ2) is 9.18. The van der Waals surface area contributed by atoms with Crippen molar-refractivity contribution in [2.45, 2.75) is 18.5 Å². The van der Waals surface area contributed by atoms with E-state index in [9.17, 15) is 9.59 Å². The van der Waals surface area contributed by atoms with E-state index in [0.29, 0.717) is 30.2 Å². The van der Waals surface area contributed by atoms with Gasteiger partial charge in [-0.15, -0.1) is 0 Å². The maximum Gasteiger partial charge on any atom is 0.254 e. The zero-order chi connectivity index (χ0) is 22.7. The van der Waals surface area contributed by atoms with E-state index in [-0.39, 0.29) is 11.8 Å². The number of methoxy groups -OCH3 is 2. The first-order valence-electron chi connectivity index (χ1n) is 10.5. The van der Waals surface area contributed by atoms with Crippen LogP contribution in [-0.4, -0.2) is 49.1 Å². The van der Waals surface area contributed by atoms with Crippen LogP contribution in [-0.2, 0) is 11.3 Å². The topological polar surface area (TPSA) is 72.8 Å². The van der Waals surface area contributed by atoms with Gasteiger partial charge in [0.2, 0.25) is 5.91 Å². The molecule has 0 bridgehead atoms. The van der Waals surface area contributed by atoms with Gasteiger partial charge >= 0.3 is 0 Å². The van der Waals surface area contributed by atoms with Crippen molar-refractivity contribution in [3.05, 3.63) is 83.7 Å². The Balaban J connectivity index is 1.71. The summed E-state index contributed by atoms with van der Waals surface area (Å²) < 4.78 is 12.8. The van der Waals surface area contributed by atoms with Crippen molar-refractivity contribution in [3.63, 3.8) is 0 Å². The van der Waals surface area contributed by atoms with Crippen LogP contribution in [0, 0.1) is 0 Å². The molecule has 2 aromatic carbocycles. The summed E-state index contributed by atoms with van der Waals surface area (Å²) in [6.07, 6.45) is 3.92. The number of nitrogens with one attached hydrogen (secondary N) is 1. The minimum absolute atomic E-state index is 0.114. The molecular weight excluding hydrogens is 406 g/mol. The molecule has 0 saturated carbocycles.